The fourth-order valence-electron chi connectivity index (χ4n) is 4.72. The van der Waals surface area contributed by atoms with Crippen molar-refractivity contribution < 1.29 is 14.4 Å². The second-order valence-corrected chi connectivity index (χ2v) is 13.4. The van der Waals surface area contributed by atoms with Crippen LogP contribution in [0, 0.1) is 0 Å². The predicted molar refractivity (Wildman–Crippen MR) is 183 cm³/mol. The minimum Gasteiger partial charge on any atom is -0.325 e. The lowest BCUT2D eigenvalue weighted by Crippen LogP contribution is -2.14. The number of anilines is 2. The van der Waals surface area contributed by atoms with E-state index in [0.29, 0.717) is 28.5 Å². The van der Waals surface area contributed by atoms with Crippen LogP contribution in [0.3, 0.4) is 0 Å². The number of nitrogens with zero attached hydrogens (tertiary/aromatic N) is 4. The molecule has 226 valence electrons. The average molecular weight is 653 g/mol. The fraction of sp³-hybridized carbons (Fsp3) is 0.152. The normalized spacial score (nSPS) is 11.2. The van der Waals surface area contributed by atoms with Gasteiger partial charge in [-0.2, -0.15) is 0 Å². The molecule has 0 atom stereocenters. The molecule has 0 saturated heterocycles. The van der Waals surface area contributed by atoms with Crippen LogP contribution in [-0.2, 0) is 23.1 Å². The van der Waals surface area contributed by atoms with Gasteiger partial charge in [-0.15, -0.1) is 21.5 Å². The number of hydrogen-bond acceptors (Lipinski definition) is 9. The van der Waals surface area contributed by atoms with Gasteiger partial charge in [0.2, 0.25) is 11.8 Å². The lowest BCUT2D eigenvalue weighted by atomic mass is 10.0. The minimum absolute atomic E-state index is 0.0230. The molecule has 0 aliphatic heterocycles. The van der Waals surface area contributed by atoms with Crippen molar-refractivity contribution in [2.45, 2.75) is 22.8 Å². The van der Waals surface area contributed by atoms with E-state index >= 15 is 0 Å². The molecule has 45 heavy (non-hydrogen) atoms. The van der Waals surface area contributed by atoms with Gasteiger partial charge in [0.05, 0.1) is 21.7 Å². The zero-order valence-electron chi connectivity index (χ0n) is 24.4. The Kier molecular flexibility index (Phi) is 9.24. The summed E-state index contributed by atoms with van der Waals surface area (Å²) in [6, 6.07) is 26.9. The molecule has 4 aromatic carbocycles. The summed E-state index contributed by atoms with van der Waals surface area (Å²) >= 11 is 4.15. The van der Waals surface area contributed by atoms with Gasteiger partial charge in [-0.3, -0.25) is 14.4 Å². The Morgan fingerprint density at radius 1 is 0.822 bits per heavy atom. The lowest BCUT2D eigenvalue weighted by Gasteiger charge is -2.07. The van der Waals surface area contributed by atoms with Crippen LogP contribution in [-0.4, -0.2) is 48.9 Å². The van der Waals surface area contributed by atoms with Crippen molar-refractivity contribution in [1.82, 2.24) is 19.7 Å². The summed E-state index contributed by atoms with van der Waals surface area (Å²) in [5, 5.41) is 17.6. The number of rotatable bonds is 11. The molecule has 9 nitrogen and oxygen atoms in total. The number of thioether (sulfide) groups is 2. The third-order valence-electron chi connectivity index (χ3n) is 7.04. The van der Waals surface area contributed by atoms with Crippen molar-refractivity contribution in [2.24, 2.45) is 7.05 Å². The second kappa shape index (κ2) is 13.6. The highest BCUT2D eigenvalue weighted by molar-refractivity contribution is 8.01. The molecule has 2 amide bonds. The van der Waals surface area contributed by atoms with Crippen LogP contribution in [0.2, 0.25) is 0 Å². The van der Waals surface area contributed by atoms with E-state index in [1.54, 1.807) is 24.3 Å². The molecule has 2 aromatic heterocycles. The maximum absolute atomic E-state index is 12.8. The van der Waals surface area contributed by atoms with Crippen molar-refractivity contribution in [3.05, 3.63) is 102 Å². The predicted octanol–water partition coefficient (Wildman–Crippen LogP) is 6.83. The summed E-state index contributed by atoms with van der Waals surface area (Å²) in [6.45, 7) is 1.50. The summed E-state index contributed by atoms with van der Waals surface area (Å²) in [5.41, 5.74) is 3.88. The van der Waals surface area contributed by atoms with Crippen LogP contribution in [0.4, 0.5) is 11.4 Å². The van der Waals surface area contributed by atoms with E-state index in [-0.39, 0.29) is 29.1 Å². The van der Waals surface area contributed by atoms with Crippen LogP contribution in [0.15, 0.2) is 94.4 Å². The number of carbonyl (C=O) groups is 3. The monoisotopic (exact) mass is 652 g/mol. The highest BCUT2D eigenvalue weighted by Crippen LogP contribution is 2.31. The second-order valence-electron chi connectivity index (χ2n) is 10.2. The number of Topliss-reactive ketones (excluding diaryl/α,β-unsaturated/α-hetero) is 1. The number of amides is 2. The summed E-state index contributed by atoms with van der Waals surface area (Å²) in [5.74, 6) is 0.883. The van der Waals surface area contributed by atoms with Crippen molar-refractivity contribution in [2.75, 3.05) is 22.1 Å². The first-order valence-corrected chi connectivity index (χ1v) is 16.8. The Morgan fingerprint density at radius 3 is 2.33 bits per heavy atom. The number of thiazole rings is 1. The van der Waals surface area contributed by atoms with Gasteiger partial charge >= 0.3 is 0 Å². The Morgan fingerprint density at radius 2 is 1.53 bits per heavy atom. The van der Waals surface area contributed by atoms with Crippen molar-refractivity contribution >= 4 is 84.8 Å². The van der Waals surface area contributed by atoms with Gasteiger partial charge in [0.25, 0.3) is 0 Å². The fourth-order valence-corrected chi connectivity index (χ4v) is 7.36. The number of ketones is 1. The lowest BCUT2D eigenvalue weighted by molar-refractivity contribution is -0.114. The molecule has 0 unspecified atom stereocenters. The van der Waals surface area contributed by atoms with Gasteiger partial charge in [-0.25, -0.2) is 4.98 Å². The molecule has 2 heterocycles. The first-order valence-electron chi connectivity index (χ1n) is 14.0. The summed E-state index contributed by atoms with van der Waals surface area (Å²) in [6.07, 6.45) is 0.646. The Hall–Kier alpha value is -4.52. The first-order chi connectivity index (χ1) is 21.8. The van der Waals surface area contributed by atoms with E-state index < -0.39 is 0 Å². The zero-order valence-corrected chi connectivity index (χ0v) is 26.9. The topological polar surface area (TPSA) is 119 Å². The van der Waals surface area contributed by atoms with Crippen molar-refractivity contribution in [3.63, 3.8) is 0 Å². The van der Waals surface area contributed by atoms with Crippen LogP contribution in [0.1, 0.15) is 28.7 Å². The standard InChI is InChI=1S/C33H28N6O3S3/c1-20(40)21-10-12-24(13-11-21)34-31(42)19-44-33-36-27-15-14-25(17-28(27)45-33)35-30(41)18-43-32-38-37-29(39(32)2)16-23-8-5-7-22-6-3-4-9-26(22)23/h3-15,17H,16,18-19H2,1-2H3,(H,34,42)(H,35,41). The van der Waals surface area contributed by atoms with Gasteiger partial charge in [0.15, 0.2) is 15.3 Å². The number of benzene rings is 4. The largest absolute Gasteiger partial charge is 0.325 e. The molecule has 0 spiro atoms. The van der Waals surface area contributed by atoms with E-state index in [0.717, 1.165) is 20.4 Å². The Balaban J connectivity index is 1.01. The van der Waals surface area contributed by atoms with Gasteiger partial charge in [0.1, 0.15) is 5.82 Å². The molecule has 6 aromatic rings. The zero-order chi connectivity index (χ0) is 31.3. The number of aromatic nitrogens is 4. The average Bonchev–Trinajstić information content (AvgIpc) is 3.61. The molecule has 6 rings (SSSR count). The summed E-state index contributed by atoms with van der Waals surface area (Å²) in [4.78, 5) is 41.3. The highest BCUT2D eigenvalue weighted by Gasteiger charge is 2.14. The number of hydrogen-bond donors (Lipinski definition) is 2. The smallest absolute Gasteiger partial charge is 0.234 e. The Bertz CT molecular complexity index is 2030. The molecule has 12 heteroatoms. The third kappa shape index (κ3) is 7.42. The van der Waals surface area contributed by atoms with E-state index in [1.165, 1.54) is 58.1 Å². The molecule has 0 bridgehead atoms. The van der Waals surface area contributed by atoms with E-state index in [1.807, 2.05) is 41.9 Å². The molecule has 0 aliphatic rings. The van der Waals surface area contributed by atoms with Gasteiger partial charge < -0.3 is 15.2 Å². The molecule has 0 saturated carbocycles. The van der Waals surface area contributed by atoms with E-state index in [4.69, 9.17) is 0 Å². The van der Waals surface area contributed by atoms with E-state index in [2.05, 4.69) is 56.1 Å². The summed E-state index contributed by atoms with van der Waals surface area (Å²) in [7, 11) is 1.92. The quantitative estimate of drug-likeness (QED) is 0.115. The van der Waals surface area contributed by atoms with Crippen LogP contribution in [0.25, 0.3) is 21.0 Å². The first kappa shape index (κ1) is 30.5. The molecular formula is C33H28N6O3S3. The van der Waals surface area contributed by atoms with Crippen LogP contribution >= 0.6 is 34.9 Å². The number of fused-ring (bicyclic) bond motifs is 2. The molecule has 0 radical (unpaired) electrons. The minimum atomic E-state index is -0.163. The van der Waals surface area contributed by atoms with Crippen LogP contribution in [0.5, 0.6) is 0 Å². The SMILES string of the molecule is CC(=O)c1ccc(NC(=O)CSc2nc3ccc(NC(=O)CSc4nnc(Cc5cccc6ccccc56)n4C)cc3s2)cc1. The van der Waals surface area contributed by atoms with E-state index in [9.17, 15) is 14.4 Å². The maximum Gasteiger partial charge on any atom is 0.234 e. The van der Waals surface area contributed by atoms with Crippen molar-refractivity contribution in [3.8, 4) is 0 Å². The highest BCUT2D eigenvalue weighted by atomic mass is 32.2. The van der Waals surface area contributed by atoms with Gasteiger partial charge in [-0.1, -0.05) is 66.0 Å². The summed E-state index contributed by atoms with van der Waals surface area (Å²) < 4.78 is 3.61. The maximum atomic E-state index is 12.8. The molecule has 2 N–H and O–H groups in total. The van der Waals surface area contributed by atoms with Gasteiger partial charge in [0, 0.05) is 30.4 Å². The third-order valence-corrected chi connectivity index (χ3v) is 10.2. The Labute approximate surface area is 271 Å². The van der Waals surface area contributed by atoms with Crippen molar-refractivity contribution in [1.29, 1.82) is 0 Å². The molecular weight excluding hydrogens is 625 g/mol. The molecule has 0 aliphatic carbocycles. The van der Waals surface area contributed by atoms with Gasteiger partial charge in [-0.05, 0) is 65.7 Å². The van der Waals surface area contributed by atoms with Crippen LogP contribution < -0.4 is 10.6 Å². The number of nitrogens with one attached hydrogen (secondary N) is 2. The number of carbonyl (C=O) groups excluding carboxylic acids is 3. The molecule has 0 fully saturated rings.